The number of nitrogens with zero attached hydrogens (tertiary/aromatic N) is 7. The molecule has 0 spiro atoms. The maximum Gasteiger partial charge on any atom is 0.270 e. The molecule has 0 bridgehead atoms. The highest BCUT2D eigenvalue weighted by molar-refractivity contribution is 7.98. The Morgan fingerprint density at radius 3 is 2.86 bits per heavy atom. The lowest BCUT2D eigenvalue weighted by Crippen LogP contribution is -2.38. The Balaban J connectivity index is 1.46. The van der Waals surface area contributed by atoms with E-state index in [0.29, 0.717) is 36.2 Å². The van der Waals surface area contributed by atoms with Gasteiger partial charge in [0.05, 0.1) is 23.9 Å². The fourth-order valence-electron chi connectivity index (χ4n) is 2.98. The quantitative estimate of drug-likeness (QED) is 0.321. The Labute approximate surface area is 170 Å². The van der Waals surface area contributed by atoms with Crippen molar-refractivity contribution in [3.63, 3.8) is 0 Å². The number of benzene rings is 1. The lowest BCUT2D eigenvalue weighted by molar-refractivity contribution is -0.384. The van der Waals surface area contributed by atoms with E-state index in [0.717, 1.165) is 30.7 Å². The average Bonchev–Trinajstić information content (AvgIpc) is 3.39. The Bertz CT molecular complexity index is 999. The van der Waals surface area contributed by atoms with Crippen LogP contribution in [0.2, 0.25) is 0 Å². The molecule has 0 aliphatic carbocycles. The van der Waals surface area contributed by atoms with Gasteiger partial charge in [-0.25, -0.2) is 0 Å². The van der Waals surface area contributed by atoms with Gasteiger partial charge >= 0.3 is 0 Å². The molecule has 0 saturated carbocycles. The molecule has 0 atom stereocenters. The first-order chi connectivity index (χ1) is 14.2. The highest BCUT2D eigenvalue weighted by atomic mass is 32.2. The first kappa shape index (κ1) is 19.3. The molecule has 11 nitrogen and oxygen atoms in total. The number of aromatic nitrogens is 5. The van der Waals surface area contributed by atoms with Crippen LogP contribution in [0.3, 0.4) is 0 Å². The Morgan fingerprint density at radius 1 is 1.28 bits per heavy atom. The van der Waals surface area contributed by atoms with Gasteiger partial charge in [0.15, 0.2) is 5.16 Å². The number of ether oxygens (including phenoxy) is 1. The number of rotatable bonds is 7. The molecular weight excluding hydrogens is 398 g/mol. The number of morpholine rings is 1. The van der Waals surface area contributed by atoms with E-state index < -0.39 is 4.92 Å². The predicted molar refractivity (Wildman–Crippen MR) is 105 cm³/mol. The zero-order chi connectivity index (χ0) is 20.2. The van der Waals surface area contributed by atoms with Gasteiger partial charge in [-0.3, -0.25) is 14.7 Å². The summed E-state index contributed by atoms with van der Waals surface area (Å²) in [4.78, 5) is 17.0. The van der Waals surface area contributed by atoms with E-state index in [2.05, 4.69) is 25.2 Å². The van der Waals surface area contributed by atoms with Crippen molar-refractivity contribution in [2.75, 3.05) is 31.2 Å². The van der Waals surface area contributed by atoms with Crippen molar-refractivity contribution in [2.45, 2.75) is 24.4 Å². The molecule has 3 heterocycles. The van der Waals surface area contributed by atoms with Crippen LogP contribution in [0.1, 0.15) is 12.8 Å². The monoisotopic (exact) mass is 417 g/mol. The molecule has 152 valence electrons. The summed E-state index contributed by atoms with van der Waals surface area (Å²) in [6.07, 6.45) is 0. The summed E-state index contributed by atoms with van der Waals surface area (Å²) in [5.41, 5.74) is 0.514. The molecule has 4 rings (SSSR count). The number of hydrogen-bond donors (Lipinski definition) is 0. The van der Waals surface area contributed by atoms with Crippen LogP contribution >= 0.6 is 11.8 Å². The second-order valence-electron chi connectivity index (χ2n) is 6.23. The standard InChI is InChI=1S/C17H19N7O4S/c1-2-23-16(22-6-8-27-9-7-22)19-20-17(23)29-11-14-18-15(21-28-14)12-4-3-5-13(10-12)24(25)26/h3-5,10H,2,6-9,11H2,1H3. The van der Waals surface area contributed by atoms with Gasteiger partial charge in [0, 0.05) is 37.3 Å². The fraction of sp³-hybridized carbons (Fsp3) is 0.412. The lowest BCUT2D eigenvalue weighted by atomic mass is 10.2. The molecule has 29 heavy (non-hydrogen) atoms. The minimum atomic E-state index is -0.454. The van der Waals surface area contributed by atoms with Crippen molar-refractivity contribution >= 4 is 23.4 Å². The number of thioether (sulfide) groups is 1. The lowest BCUT2D eigenvalue weighted by Gasteiger charge is -2.27. The number of anilines is 1. The van der Waals surface area contributed by atoms with Gasteiger partial charge < -0.3 is 14.2 Å². The molecule has 1 aliphatic heterocycles. The van der Waals surface area contributed by atoms with Crippen molar-refractivity contribution in [3.05, 3.63) is 40.3 Å². The van der Waals surface area contributed by atoms with Gasteiger partial charge in [-0.1, -0.05) is 29.1 Å². The summed E-state index contributed by atoms with van der Waals surface area (Å²) >= 11 is 1.45. The highest BCUT2D eigenvalue weighted by Crippen LogP contribution is 2.27. The van der Waals surface area contributed by atoms with Crippen LogP contribution in [-0.2, 0) is 17.0 Å². The van der Waals surface area contributed by atoms with Crippen LogP contribution in [-0.4, -0.2) is 56.1 Å². The van der Waals surface area contributed by atoms with Gasteiger partial charge in [-0.15, -0.1) is 10.2 Å². The predicted octanol–water partition coefficient (Wildman–Crippen LogP) is 2.39. The maximum atomic E-state index is 10.9. The molecule has 1 saturated heterocycles. The molecule has 0 N–H and O–H groups in total. The minimum Gasteiger partial charge on any atom is -0.378 e. The summed E-state index contributed by atoms with van der Waals surface area (Å²) in [7, 11) is 0. The summed E-state index contributed by atoms with van der Waals surface area (Å²) < 4.78 is 12.7. The first-order valence-corrected chi connectivity index (χ1v) is 10.1. The topological polar surface area (TPSA) is 125 Å². The van der Waals surface area contributed by atoms with Crippen molar-refractivity contribution in [2.24, 2.45) is 0 Å². The fourth-order valence-corrected chi connectivity index (χ4v) is 3.81. The van der Waals surface area contributed by atoms with Gasteiger partial charge in [-0.2, -0.15) is 4.98 Å². The van der Waals surface area contributed by atoms with E-state index >= 15 is 0 Å². The molecule has 1 aromatic carbocycles. The second-order valence-corrected chi connectivity index (χ2v) is 7.18. The van der Waals surface area contributed by atoms with E-state index in [-0.39, 0.29) is 5.69 Å². The van der Waals surface area contributed by atoms with Crippen molar-refractivity contribution in [1.82, 2.24) is 24.9 Å². The third-order valence-electron chi connectivity index (χ3n) is 4.42. The van der Waals surface area contributed by atoms with Crippen molar-refractivity contribution in [3.8, 4) is 11.4 Å². The molecule has 1 fully saturated rings. The number of non-ortho nitro benzene ring substituents is 1. The summed E-state index contributed by atoms with van der Waals surface area (Å²) in [5, 5.41) is 24.3. The normalized spacial score (nSPS) is 14.3. The molecule has 0 unspecified atom stereocenters. The number of nitro groups is 1. The van der Waals surface area contributed by atoms with Crippen molar-refractivity contribution < 1.29 is 14.2 Å². The maximum absolute atomic E-state index is 10.9. The Hall–Kier alpha value is -2.99. The van der Waals surface area contributed by atoms with Crippen LogP contribution < -0.4 is 4.90 Å². The number of nitro benzene ring substituents is 1. The average molecular weight is 417 g/mol. The zero-order valence-corrected chi connectivity index (χ0v) is 16.5. The van der Waals surface area contributed by atoms with E-state index in [1.54, 1.807) is 12.1 Å². The molecule has 0 amide bonds. The third kappa shape index (κ3) is 4.22. The van der Waals surface area contributed by atoms with Crippen LogP contribution in [0, 0.1) is 10.1 Å². The van der Waals surface area contributed by atoms with Crippen LogP contribution in [0.4, 0.5) is 11.6 Å². The molecular formula is C17H19N7O4S. The van der Waals surface area contributed by atoms with Crippen molar-refractivity contribution in [1.29, 1.82) is 0 Å². The molecule has 2 aromatic heterocycles. The highest BCUT2D eigenvalue weighted by Gasteiger charge is 2.20. The summed E-state index contributed by atoms with van der Waals surface area (Å²) in [6.45, 7) is 5.73. The first-order valence-electron chi connectivity index (χ1n) is 9.12. The van der Waals surface area contributed by atoms with Gasteiger partial charge in [0.2, 0.25) is 17.7 Å². The Kier molecular flexibility index (Phi) is 5.71. The van der Waals surface area contributed by atoms with E-state index in [4.69, 9.17) is 9.26 Å². The van der Waals surface area contributed by atoms with Gasteiger partial charge in [0.25, 0.3) is 5.69 Å². The Morgan fingerprint density at radius 2 is 2.10 bits per heavy atom. The van der Waals surface area contributed by atoms with E-state index in [1.807, 2.05) is 11.5 Å². The second kappa shape index (κ2) is 8.57. The van der Waals surface area contributed by atoms with Crippen LogP contribution in [0.5, 0.6) is 0 Å². The SMILES string of the molecule is CCn1c(SCc2nc(-c3cccc([N+](=O)[O-])c3)no2)nnc1N1CCOCC1. The smallest absolute Gasteiger partial charge is 0.270 e. The van der Waals surface area contributed by atoms with Crippen LogP contribution in [0.25, 0.3) is 11.4 Å². The van der Waals surface area contributed by atoms with Gasteiger partial charge in [-0.05, 0) is 6.92 Å². The van der Waals surface area contributed by atoms with Gasteiger partial charge in [0.1, 0.15) is 0 Å². The largest absolute Gasteiger partial charge is 0.378 e. The minimum absolute atomic E-state index is 0.0186. The molecule has 12 heteroatoms. The zero-order valence-electron chi connectivity index (χ0n) is 15.7. The third-order valence-corrected chi connectivity index (χ3v) is 5.37. The summed E-state index contributed by atoms with van der Waals surface area (Å²) in [6, 6.07) is 6.14. The molecule has 0 radical (unpaired) electrons. The summed E-state index contributed by atoms with van der Waals surface area (Å²) in [5.74, 6) is 1.98. The van der Waals surface area contributed by atoms with E-state index in [1.165, 1.54) is 23.9 Å². The van der Waals surface area contributed by atoms with E-state index in [9.17, 15) is 10.1 Å². The molecule has 3 aromatic rings. The number of hydrogen-bond acceptors (Lipinski definition) is 10. The van der Waals surface area contributed by atoms with Crippen LogP contribution in [0.15, 0.2) is 33.9 Å². The molecule has 1 aliphatic rings.